The molecule has 5 nitrogen and oxygen atoms in total. The largest absolute Gasteiger partial charge is 0.386 e. The molecular formula is C14H19FN2O3. The molecule has 1 fully saturated rings. The van der Waals surface area contributed by atoms with Crippen LogP contribution in [-0.4, -0.2) is 42.4 Å². The second kappa shape index (κ2) is 6.30. The number of carbonyl (C=O) groups is 1. The van der Waals surface area contributed by atoms with Crippen LogP contribution in [0.3, 0.4) is 0 Å². The Balaban J connectivity index is 1.77. The number of halogens is 1. The van der Waals surface area contributed by atoms with Crippen molar-refractivity contribution < 1.29 is 19.0 Å². The van der Waals surface area contributed by atoms with Crippen molar-refractivity contribution >= 4 is 11.6 Å². The zero-order valence-corrected chi connectivity index (χ0v) is 11.4. The minimum atomic E-state index is -0.946. The van der Waals surface area contributed by atoms with E-state index in [0.29, 0.717) is 13.0 Å². The fraction of sp³-hybridized carbons (Fsp3) is 0.500. The third-order valence-electron chi connectivity index (χ3n) is 3.52. The maximum atomic E-state index is 13.3. The Hall–Kier alpha value is -1.50. The molecule has 0 bridgehead atoms. The summed E-state index contributed by atoms with van der Waals surface area (Å²) < 4.78 is 18.6. The van der Waals surface area contributed by atoms with Gasteiger partial charge in [-0.3, -0.25) is 4.79 Å². The molecular weight excluding hydrogens is 263 g/mol. The van der Waals surface area contributed by atoms with Crippen LogP contribution in [0.1, 0.15) is 13.3 Å². The Kier molecular flexibility index (Phi) is 4.69. The van der Waals surface area contributed by atoms with Gasteiger partial charge in [0, 0.05) is 19.6 Å². The summed E-state index contributed by atoms with van der Waals surface area (Å²) in [6.07, 6.45) is 0.278. The van der Waals surface area contributed by atoms with E-state index in [0.717, 1.165) is 0 Å². The number of hydrogen-bond donors (Lipinski definition) is 3. The van der Waals surface area contributed by atoms with Crippen molar-refractivity contribution in [2.75, 3.05) is 25.0 Å². The number of para-hydroxylation sites is 1. The number of carbonyl (C=O) groups excluding carboxylic acids is 1. The van der Waals surface area contributed by atoms with Crippen LogP contribution in [0, 0.1) is 5.82 Å². The molecule has 1 heterocycles. The monoisotopic (exact) mass is 282 g/mol. The molecule has 1 aliphatic heterocycles. The van der Waals surface area contributed by atoms with Crippen LogP contribution < -0.4 is 10.6 Å². The van der Waals surface area contributed by atoms with Crippen molar-refractivity contribution in [3.8, 4) is 0 Å². The van der Waals surface area contributed by atoms with Crippen LogP contribution in [0.2, 0.25) is 0 Å². The molecule has 2 rings (SSSR count). The van der Waals surface area contributed by atoms with Gasteiger partial charge in [-0.05, 0) is 19.1 Å². The Bertz CT molecular complexity index is 483. The van der Waals surface area contributed by atoms with Crippen LogP contribution in [0.4, 0.5) is 10.1 Å². The fourth-order valence-corrected chi connectivity index (χ4v) is 2.15. The van der Waals surface area contributed by atoms with Crippen LogP contribution >= 0.6 is 0 Å². The minimum Gasteiger partial charge on any atom is -0.386 e. The molecule has 1 aromatic carbocycles. The zero-order valence-electron chi connectivity index (χ0n) is 11.4. The van der Waals surface area contributed by atoms with Gasteiger partial charge in [0.05, 0.1) is 18.3 Å². The predicted molar refractivity (Wildman–Crippen MR) is 72.9 cm³/mol. The van der Waals surface area contributed by atoms with E-state index in [1.54, 1.807) is 19.1 Å². The molecule has 3 N–H and O–H groups in total. The molecule has 0 spiro atoms. The predicted octanol–water partition coefficient (Wildman–Crippen LogP) is 0.894. The summed E-state index contributed by atoms with van der Waals surface area (Å²) in [7, 11) is 0. The molecule has 6 heteroatoms. The average Bonchev–Trinajstić information content (AvgIpc) is 2.73. The number of nitrogens with one attached hydrogen (secondary N) is 2. The average molecular weight is 282 g/mol. The fourth-order valence-electron chi connectivity index (χ4n) is 2.15. The first-order chi connectivity index (χ1) is 9.51. The highest BCUT2D eigenvalue weighted by Gasteiger charge is 2.39. The Morgan fingerprint density at radius 1 is 1.55 bits per heavy atom. The van der Waals surface area contributed by atoms with E-state index < -0.39 is 11.4 Å². The summed E-state index contributed by atoms with van der Waals surface area (Å²) in [5.41, 5.74) is -0.797. The van der Waals surface area contributed by atoms with Gasteiger partial charge in [-0.25, -0.2) is 4.39 Å². The third-order valence-corrected chi connectivity index (χ3v) is 3.52. The van der Waals surface area contributed by atoms with Gasteiger partial charge in [-0.1, -0.05) is 12.1 Å². The molecule has 2 atom stereocenters. The number of amides is 1. The van der Waals surface area contributed by atoms with Crippen molar-refractivity contribution in [2.45, 2.75) is 25.0 Å². The Morgan fingerprint density at radius 3 is 2.95 bits per heavy atom. The summed E-state index contributed by atoms with van der Waals surface area (Å²) in [4.78, 5) is 11.7. The van der Waals surface area contributed by atoms with E-state index in [2.05, 4.69) is 10.6 Å². The lowest BCUT2D eigenvalue weighted by Gasteiger charge is -2.26. The molecule has 1 amide bonds. The SMILES string of the molecule is CC1OCCC1(O)CNCC(=O)Nc1ccccc1F. The summed E-state index contributed by atoms with van der Waals surface area (Å²) >= 11 is 0. The maximum Gasteiger partial charge on any atom is 0.238 e. The number of rotatable bonds is 5. The van der Waals surface area contributed by atoms with Gasteiger partial charge < -0.3 is 20.5 Å². The summed E-state index contributed by atoms with van der Waals surface area (Å²) in [5, 5.41) is 15.6. The molecule has 0 aliphatic carbocycles. The summed E-state index contributed by atoms with van der Waals surface area (Å²) in [6, 6.07) is 5.98. The standard InChI is InChI=1S/C14H19FN2O3/c1-10-14(19,6-7-20-10)9-16-8-13(18)17-12-5-3-2-4-11(12)15/h2-5,10,16,19H,6-9H2,1H3,(H,17,18). The minimum absolute atomic E-state index is 0.00334. The van der Waals surface area contributed by atoms with Gasteiger partial charge >= 0.3 is 0 Å². The van der Waals surface area contributed by atoms with Gasteiger partial charge in [-0.15, -0.1) is 0 Å². The number of benzene rings is 1. The lowest BCUT2D eigenvalue weighted by molar-refractivity contribution is -0.115. The van der Waals surface area contributed by atoms with E-state index in [1.165, 1.54) is 12.1 Å². The van der Waals surface area contributed by atoms with E-state index in [1.807, 2.05) is 0 Å². The van der Waals surface area contributed by atoms with Gasteiger partial charge in [0.15, 0.2) is 0 Å². The zero-order chi connectivity index (χ0) is 14.6. The second-order valence-electron chi connectivity index (χ2n) is 5.00. The molecule has 1 saturated heterocycles. The van der Waals surface area contributed by atoms with Crippen molar-refractivity contribution in [1.82, 2.24) is 5.32 Å². The summed E-state index contributed by atoms with van der Waals surface area (Å²) in [6.45, 7) is 2.58. The van der Waals surface area contributed by atoms with Gasteiger partial charge in [0.1, 0.15) is 11.4 Å². The number of aliphatic hydroxyl groups is 1. The molecule has 0 saturated carbocycles. The normalized spacial score (nSPS) is 25.6. The van der Waals surface area contributed by atoms with E-state index in [9.17, 15) is 14.3 Å². The van der Waals surface area contributed by atoms with Crippen LogP contribution in [0.15, 0.2) is 24.3 Å². The van der Waals surface area contributed by atoms with Crippen molar-refractivity contribution in [2.24, 2.45) is 0 Å². The van der Waals surface area contributed by atoms with Gasteiger partial charge in [0.25, 0.3) is 0 Å². The first-order valence-corrected chi connectivity index (χ1v) is 6.60. The molecule has 1 aliphatic rings. The first-order valence-electron chi connectivity index (χ1n) is 6.60. The van der Waals surface area contributed by atoms with E-state index in [-0.39, 0.29) is 30.8 Å². The molecule has 1 aromatic rings. The highest BCUT2D eigenvalue weighted by Crippen LogP contribution is 2.24. The van der Waals surface area contributed by atoms with E-state index in [4.69, 9.17) is 4.74 Å². The first kappa shape index (κ1) is 14.9. The van der Waals surface area contributed by atoms with Crippen LogP contribution in [0.25, 0.3) is 0 Å². The van der Waals surface area contributed by atoms with Crippen molar-refractivity contribution in [1.29, 1.82) is 0 Å². The van der Waals surface area contributed by atoms with Crippen LogP contribution in [-0.2, 0) is 9.53 Å². The number of anilines is 1. The highest BCUT2D eigenvalue weighted by molar-refractivity contribution is 5.92. The van der Waals surface area contributed by atoms with Crippen LogP contribution in [0.5, 0.6) is 0 Å². The second-order valence-corrected chi connectivity index (χ2v) is 5.00. The topological polar surface area (TPSA) is 70.6 Å². The highest BCUT2D eigenvalue weighted by atomic mass is 19.1. The lowest BCUT2D eigenvalue weighted by Crippen LogP contribution is -2.47. The van der Waals surface area contributed by atoms with Crippen molar-refractivity contribution in [3.63, 3.8) is 0 Å². The molecule has 110 valence electrons. The molecule has 0 aromatic heterocycles. The maximum absolute atomic E-state index is 13.3. The Labute approximate surface area is 117 Å². The number of ether oxygens (including phenoxy) is 1. The third kappa shape index (κ3) is 3.53. The summed E-state index contributed by atoms with van der Waals surface area (Å²) in [5.74, 6) is -0.831. The molecule has 0 radical (unpaired) electrons. The van der Waals surface area contributed by atoms with E-state index >= 15 is 0 Å². The van der Waals surface area contributed by atoms with Gasteiger partial charge in [0.2, 0.25) is 5.91 Å². The quantitative estimate of drug-likeness (QED) is 0.750. The number of hydrogen-bond acceptors (Lipinski definition) is 4. The molecule has 20 heavy (non-hydrogen) atoms. The molecule has 2 unspecified atom stereocenters. The van der Waals surface area contributed by atoms with Gasteiger partial charge in [-0.2, -0.15) is 0 Å². The van der Waals surface area contributed by atoms with Crippen molar-refractivity contribution in [3.05, 3.63) is 30.1 Å². The Morgan fingerprint density at radius 2 is 2.30 bits per heavy atom. The smallest absolute Gasteiger partial charge is 0.238 e. The lowest BCUT2D eigenvalue weighted by atomic mass is 9.97.